The molecule has 1 aliphatic heterocycles. The predicted molar refractivity (Wildman–Crippen MR) is 71.5 cm³/mol. The van der Waals surface area contributed by atoms with Crippen molar-refractivity contribution < 1.29 is 14.3 Å². The number of hydrogen-bond acceptors (Lipinski definition) is 4. The van der Waals surface area contributed by atoms with E-state index < -0.39 is 5.60 Å². The van der Waals surface area contributed by atoms with Gasteiger partial charge in [-0.15, -0.1) is 0 Å². The van der Waals surface area contributed by atoms with Crippen LogP contribution in [0.1, 0.15) is 53.9 Å². The van der Waals surface area contributed by atoms with Crippen molar-refractivity contribution in [3.05, 3.63) is 0 Å². The van der Waals surface area contributed by atoms with E-state index in [2.05, 4.69) is 19.2 Å². The summed E-state index contributed by atoms with van der Waals surface area (Å²) >= 11 is 0. The molecule has 0 aliphatic carbocycles. The van der Waals surface area contributed by atoms with Crippen LogP contribution in [0.15, 0.2) is 0 Å². The first-order chi connectivity index (χ1) is 8.18. The molecule has 1 fully saturated rings. The molecule has 0 radical (unpaired) electrons. The van der Waals surface area contributed by atoms with Gasteiger partial charge in [-0.3, -0.25) is 4.79 Å². The molecule has 1 atom stereocenters. The van der Waals surface area contributed by atoms with Gasteiger partial charge >= 0.3 is 5.97 Å². The molecular weight excluding hydrogens is 230 g/mol. The van der Waals surface area contributed by atoms with Gasteiger partial charge in [0.15, 0.2) is 0 Å². The average molecular weight is 257 g/mol. The summed E-state index contributed by atoms with van der Waals surface area (Å²) in [6.45, 7) is 11.3. The van der Waals surface area contributed by atoms with Gasteiger partial charge in [0.1, 0.15) is 5.60 Å². The third kappa shape index (κ3) is 6.36. The van der Waals surface area contributed by atoms with Crippen molar-refractivity contribution in [3.8, 4) is 0 Å². The van der Waals surface area contributed by atoms with Crippen LogP contribution in [0.25, 0.3) is 0 Å². The van der Waals surface area contributed by atoms with E-state index in [0.29, 0.717) is 19.0 Å². The van der Waals surface area contributed by atoms with Gasteiger partial charge in [0, 0.05) is 19.2 Å². The Bertz CT molecular complexity index is 281. The highest BCUT2D eigenvalue weighted by Gasteiger charge is 2.28. The number of nitrogens with one attached hydrogen (secondary N) is 1. The summed E-state index contributed by atoms with van der Waals surface area (Å²) < 4.78 is 10.9. The minimum atomic E-state index is -0.391. The van der Waals surface area contributed by atoms with E-state index in [1.165, 1.54) is 0 Å². The summed E-state index contributed by atoms with van der Waals surface area (Å²) in [7, 11) is 0. The predicted octanol–water partition coefficient (Wildman–Crippen LogP) is 2.27. The van der Waals surface area contributed by atoms with Gasteiger partial charge in [0.05, 0.1) is 12.0 Å². The van der Waals surface area contributed by atoms with Crippen molar-refractivity contribution in [2.75, 3.05) is 13.2 Å². The SMILES string of the molecule is CC(C)(C)OC(=O)CCNC1CCOC(C)(C)C1. The monoisotopic (exact) mass is 257 g/mol. The first-order valence-electron chi connectivity index (χ1n) is 6.77. The summed E-state index contributed by atoms with van der Waals surface area (Å²) in [5.41, 5.74) is -0.445. The third-order valence-electron chi connectivity index (χ3n) is 2.88. The maximum Gasteiger partial charge on any atom is 0.307 e. The second-order valence-electron chi connectivity index (χ2n) is 6.59. The lowest BCUT2D eigenvalue weighted by molar-refractivity contribution is -0.154. The summed E-state index contributed by atoms with van der Waals surface area (Å²) in [5.74, 6) is -0.138. The zero-order chi connectivity index (χ0) is 13.8. The number of hydrogen-bond donors (Lipinski definition) is 1. The van der Waals surface area contributed by atoms with E-state index in [1.54, 1.807) is 0 Å². The summed E-state index contributed by atoms with van der Waals surface area (Å²) in [6, 6.07) is 0.441. The van der Waals surface area contributed by atoms with Crippen molar-refractivity contribution in [1.29, 1.82) is 0 Å². The van der Waals surface area contributed by atoms with Gasteiger partial charge in [-0.1, -0.05) is 0 Å². The van der Waals surface area contributed by atoms with Gasteiger partial charge < -0.3 is 14.8 Å². The molecule has 0 aromatic heterocycles. The Morgan fingerprint density at radius 3 is 2.67 bits per heavy atom. The highest BCUT2D eigenvalue weighted by molar-refractivity contribution is 5.70. The number of ether oxygens (including phenoxy) is 2. The summed E-state index contributed by atoms with van der Waals surface area (Å²) in [5, 5.41) is 3.41. The van der Waals surface area contributed by atoms with E-state index in [1.807, 2.05) is 20.8 Å². The Kier molecular flexibility index (Phi) is 5.17. The Hall–Kier alpha value is -0.610. The molecule has 0 bridgehead atoms. The maximum atomic E-state index is 11.5. The minimum Gasteiger partial charge on any atom is -0.460 e. The first kappa shape index (κ1) is 15.4. The molecule has 18 heavy (non-hydrogen) atoms. The maximum absolute atomic E-state index is 11.5. The van der Waals surface area contributed by atoms with Crippen molar-refractivity contribution in [1.82, 2.24) is 5.32 Å². The van der Waals surface area contributed by atoms with E-state index in [-0.39, 0.29) is 11.6 Å². The molecule has 1 saturated heterocycles. The van der Waals surface area contributed by atoms with Crippen molar-refractivity contribution in [2.45, 2.75) is 71.1 Å². The zero-order valence-corrected chi connectivity index (χ0v) is 12.3. The van der Waals surface area contributed by atoms with Crippen LogP contribution in [0.3, 0.4) is 0 Å². The lowest BCUT2D eigenvalue weighted by atomic mass is 9.94. The topological polar surface area (TPSA) is 47.6 Å². The highest BCUT2D eigenvalue weighted by Crippen LogP contribution is 2.23. The molecule has 0 saturated carbocycles. The Morgan fingerprint density at radius 1 is 1.44 bits per heavy atom. The largest absolute Gasteiger partial charge is 0.460 e. The number of carbonyl (C=O) groups is 1. The molecular formula is C14H27NO3. The van der Waals surface area contributed by atoms with Crippen LogP contribution in [-0.4, -0.2) is 36.4 Å². The summed E-state index contributed by atoms with van der Waals surface area (Å²) in [4.78, 5) is 11.5. The number of rotatable bonds is 4. The Balaban J connectivity index is 2.20. The lowest BCUT2D eigenvalue weighted by Crippen LogP contribution is -2.44. The highest BCUT2D eigenvalue weighted by atomic mass is 16.6. The van der Waals surface area contributed by atoms with Gasteiger partial charge in [0.2, 0.25) is 0 Å². The Morgan fingerprint density at radius 2 is 2.11 bits per heavy atom. The lowest BCUT2D eigenvalue weighted by Gasteiger charge is -2.36. The smallest absolute Gasteiger partial charge is 0.307 e. The average Bonchev–Trinajstić information content (AvgIpc) is 2.12. The van der Waals surface area contributed by atoms with Crippen molar-refractivity contribution in [3.63, 3.8) is 0 Å². The molecule has 0 aromatic carbocycles. The molecule has 0 spiro atoms. The molecule has 0 amide bonds. The van der Waals surface area contributed by atoms with Crippen LogP contribution < -0.4 is 5.32 Å². The van der Waals surface area contributed by atoms with Crippen LogP contribution in [0.5, 0.6) is 0 Å². The number of carbonyl (C=O) groups excluding carboxylic acids is 1. The molecule has 1 unspecified atom stereocenters. The van der Waals surface area contributed by atoms with Crippen LogP contribution in [0.2, 0.25) is 0 Å². The van der Waals surface area contributed by atoms with Crippen molar-refractivity contribution in [2.24, 2.45) is 0 Å². The fourth-order valence-electron chi connectivity index (χ4n) is 2.18. The van der Waals surface area contributed by atoms with Gasteiger partial charge in [-0.25, -0.2) is 0 Å². The molecule has 0 aromatic rings. The normalized spacial score (nSPS) is 23.7. The van der Waals surface area contributed by atoms with Gasteiger partial charge in [-0.2, -0.15) is 0 Å². The molecule has 1 rings (SSSR count). The van der Waals surface area contributed by atoms with Gasteiger partial charge in [0.25, 0.3) is 0 Å². The quantitative estimate of drug-likeness (QED) is 0.785. The van der Waals surface area contributed by atoms with Crippen LogP contribution >= 0.6 is 0 Å². The van der Waals surface area contributed by atoms with Crippen LogP contribution in [-0.2, 0) is 14.3 Å². The third-order valence-corrected chi connectivity index (χ3v) is 2.88. The molecule has 4 heteroatoms. The van der Waals surface area contributed by atoms with Crippen molar-refractivity contribution >= 4 is 5.97 Å². The Labute approximate surface area is 110 Å². The number of esters is 1. The fraction of sp³-hybridized carbons (Fsp3) is 0.929. The fourth-order valence-corrected chi connectivity index (χ4v) is 2.18. The van der Waals surface area contributed by atoms with Crippen LogP contribution in [0, 0.1) is 0 Å². The molecule has 1 heterocycles. The zero-order valence-electron chi connectivity index (χ0n) is 12.3. The van der Waals surface area contributed by atoms with E-state index in [9.17, 15) is 4.79 Å². The van der Waals surface area contributed by atoms with E-state index in [4.69, 9.17) is 9.47 Å². The van der Waals surface area contributed by atoms with E-state index in [0.717, 1.165) is 19.4 Å². The van der Waals surface area contributed by atoms with Gasteiger partial charge in [-0.05, 0) is 47.5 Å². The second kappa shape index (κ2) is 6.02. The first-order valence-corrected chi connectivity index (χ1v) is 6.77. The standard InChI is InChI=1S/C14H27NO3/c1-13(2,3)18-12(16)6-8-15-11-7-9-17-14(4,5)10-11/h11,15H,6-10H2,1-5H3. The minimum absolute atomic E-state index is 0.0537. The molecule has 4 nitrogen and oxygen atoms in total. The second-order valence-corrected chi connectivity index (χ2v) is 6.59. The van der Waals surface area contributed by atoms with Crippen LogP contribution in [0.4, 0.5) is 0 Å². The molecule has 106 valence electrons. The van der Waals surface area contributed by atoms with E-state index >= 15 is 0 Å². The molecule has 1 aliphatic rings. The summed E-state index contributed by atoms with van der Waals surface area (Å²) in [6.07, 6.45) is 2.42. The molecule has 1 N–H and O–H groups in total.